The summed E-state index contributed by atoms with van der Waals surface area (Å²) >= 11 is 0. The summed E-state index contributed by atoms with van der Waals surface area (Å²) in [4.78, 5) is 32.3. The van der Waals surface area contributed by atoms with Gasteiger partial charge in [0, 0.05) is 36.1 Å². The van der Waals surface area contributed by atoms with Gasteiger partial charge in [-0.2, -0.15) is 0 Å². The maximum atomic E-state index is 12.9. The Kier molecular flexibility index (Phi) is 6.77. The molecule has 33 heavy (non-hydrogen) atoms. The Morgan fingerprint density at radius 2 is 1.85 bits per heavy atom. The van der Waals surface area contributed by atoms with Crippen LogP contribution in [0.25, 0.3) is 10.9 Å². The zero-order valence-corrected chi connectivity index (χ0v) is 19.2. The van der Waals surface area contributed by atoms with Gasteiger partial charge in [-0.1, -0.05) is 30.3 Å². The number of pyridine rings is 1. The Labute approximate surface area is 193 Å². The third-order valence-electron chi connectivity index (χ3n) is 5.78. The maximum Gasteiger partial charge on any atom is 0.260 e. The number of benzene rings is 2. The first kappa shape index (κ1) is 22.6. The fourth-order valence-electron chi connectivity index (χ4n) is 4.13. The van der Waals surface area contributed by atoms with Gasteiger partial charge in [-0.25, -0.2) is 0 Å². The number of para-hydroxylation sites is 3. The Hall–Kier alpha value is -3.61. The monoisotopic (exact) mass is 447 g/mol. The second-order valence-corrected chi connectivity index (χ2v) is 8.50. The van der Waals surface area contributed by atoms with Crippen molar-refractivity contribution >= 4 is 22.7 Å². The normalized spacial score (nSPS) is 15.6. The van der Waals surface area contributed by atoms with E-state index in [-0.39, 0.29) is 30.4 Å². The minimum absolute atomic E-state index is 0.0377. The summed E-state index contributed by atoms with van der Waals surface area (Å²) in [6.07, 6.45) is 0.789. The number of carbonyl (C=O) groups is 2. The lowest BCUT2D eigenvalue weighted by Gasteiger charge is -2.18. The Bertz CT molecular complexity index is 1160. The lowest BCUT2D eigenvalue weighted by molar-refractivity contribution is -0.132. The van der Waals surface area contributed by atoms with Crippen molar-refractivity contribution in [1.82, 2.24) is 15.2 Å². The number of nitrogens with one attached hydrogen (secondary N) is 1. The standard InChI is InChI=1S/C26H29N3O4/c1-17(2)27-26(31)20-14-22(28-21-9-5-4-8-19(20)21)18-12-13-29(15-18)25(30)16-33-24-11-7-6-10-23(24)32-3/h4-11,14,17-18H,12-13,15-16H2,1-3H3,(H,27,31)/t18-/m1/s1. The Balaban J connectivity index is 1.48. The molecule has 0 aliphatic carbocycles. The number of fused-ring (bicyclic) bond motifs is 1. The molecule has 0 unspecified atom stereocenters. The molecule has 1 N–H and O–H groups in total. The lowest BCUT2D eigenvalue weighted by Crippen LogP contribution is -2.33. The number of nitrogens with zero attached hydrogens (tertiary/aromatic N) is 2. The summed E-state index contributed by atoms with van der Waals surface area (Å²) in [5.74, 6) is 1.01. The number of methoxy groups -OCH3 is 1. The van der Waals surface area contributed by atoms with E-state index in [1.165, 1.54) is 0 Å². The van der Waals surface area contributed by atoms with E-state index in [0.29, 0.717) is 30.2 Å². The molecule has 7 nitrogen and oxygen atoms in total. The molecule has 4 rings (SSSR count). The van der Waals surface area contributed by atoms with Crippen LogP contribution in [0.15, 0.2) is 54.6 Å². The summed E-state index contributed by atoms with van der Waals surface area (Å²) in [5.41, 5.74) is 2.24. The van der Waals surface area contributed by atoms with Crippen LogP contribution in [0.5, 0.6) is 11.5 Å². The molecular weight excluding hydrogens is 418 g/mol. The molecule has 1 atom stereocenters. The van der Waals surface area contributed by atoms with Crippen molar-refractivity contribution in [3.05, 3.63) is 65.9 Å². The molecule has 0 bridgehead atoms. The number of ether oxygens (including phenoxy) is 2. The van der Waals surface area contributed by atoms with Crippen molar-refractivity contribution in [2.45, 2.75) is 32.2 Å². The fourth-order valence-corrected chi connectivity index (χ4v) is 4.13. The summed E-state index contributed by atoms with van der Waals surface area (Å²) in [7, 11) is 1.57. The first-order chi connectivity index (χ1) is 16.0. The Morgan fingerprint density at radius 1 is 1.12 bits per heavy atom. The first-order valence-electron chi connectivity index (χ1n) is 11.2. The second-order valence-electron chi connectivity index (χ2n) is 8.50. The van der Waals surface area contributed by atoms with E-state index in [2.05, 4.69) is 5.32 Å². The molecule has 1 aliphatic heterocycles. The van der Waals surface area contributed by atoms with E-state index in [1.54, 1.807) is 24.1 Å². The van der Waals surface area contributed by atoms with Crippen LogP contribution in [0.3, 0.4) is 0 Å². The highest BCUT2D eigenvalue weighted by Gasteiger charge is 2.29. The molecule has 0 radical (unpaired) electrons. The number of hydrogen-bond donors (Lipinski definition) is 1. The average molecular weight is 448 g/mol. The summed E-state index contributed by atoms with van der Waals surface area (Å²) < 4.78 is 11.0. The third-order valence-corrected chi connectivity index (χ3v) is 5.78. The van der Waals surface area contributed by atoms with Crippen molar-refractivity contribution in [2.75, 3.05) is 26.8 Å². The van der Waals surface area contributed by atoms with Gasteiger partial charge in [-0.3, -0.25) is 14.6 Å². The van der Waals surface area contributed by atoms with Crippen LogP contribution in [0, 0.1) is 0 Å². The number of carbonyl (C=O) groups excluding carboxylic acids is 2. The second kappa shape index (κ2) is 9.90. The SMILES string of the molecule is COc1ccccc1OCC(=O)N1CC[C@@H](c2cc(C(=O)NC(C)C)c3ccccc3n2)C1. The average Bonchev–Trinajstić information content (AvgIpc) is 3.32. The highest BCUT2D eigenvalue weighted by molar-refractivity contribution is 6.06. The van der Waals surface area contributed by atoms with Crippen LogP contribution < -0.4 is 14.8 Å². The molecule has 172 valence electrons. The molecule has 1 saturated heterocycles. The highest BCUT2D eigenvalue weighted by Crippen LogP contribution is 2.30. The van der Waals surface area contributed by atoms with E-state index < -0.39 is 0 Å². The minimum Gasteiger partial charge on any atom is -0.493 e. The molecule has 1 fully saturated rings. The first-order valence-corrected chi connectivity index (χ1v) is 11.2. The minimum atomic E-state index is -0.110. The summed E-state index contributed by atoms with van der Waals surface area (Å²) in [6, 6.07) is 16.9. The predicted molar refractivity (Wildman–Crippen MR) is 127 cm³/mol. The predicted octanol–water partition coefficient (Wildman–Crippen LogP) is 3.78. The molecule has 7 heteroatoms. The summed E-state index contributed by atoms with van der Waals surface area (Å²) in [6.45, 7) is 5.00. The van der Waals surface area contributed by atoms with Gasteiger partial charge in [-0.05, 0) is 44.5 Å². The smallest absolute Gasteiger partial charge is 0.260 e. The van der Waals surface area contributed by atoms with Gasteiger partial charge in [0.15, 0.2) is 18.1 Å². The number of aromatic nitrogens is 1. The maximum absolute atomic E-state index is 12.9. The van der Waals surface area contributed by atoms with Crippen molar-refractivity contribution in [3.63, 3.8) is 0 Å². The molecular formula is C26H29N3O4. The van der Waals surface area contributed by atoms with Crippen LogP contribution in [0.1, 0.15) is 42.2 Å². The van der Waals surface area contributed by atoms with E-state index in [0.717, 1.165) is 23.0 Å². The molecule has 3 aromatic rings. The number of likely N-dealkylation sites (tertiary alicyclic amines) is 1. The van der Waals surface area contributed by atoms with Crippen molar-refractivity contribution in [2.24, 2.45) is 0 Å². The number of rotatable bonds is 7. The topological polar surface area (TPSA) is 80.8 Å². The van der Waals surface area contributed by atoms with Crippen molar-refractivity contribution < 1.29 is 19.1 Å². The zero-order valence-electron chi connectivity index (χ0n) is 19.2. The highest BCUT2D eigenvalue weighted by atomic mass is 16.5. The third kappa shape index (κ3) is 5.08. The molecule has 0 spiro atoms. The van der Waals surface area contributed by atoms with Gasteiger partial charge in [0.05, 0.1) is 18.2 Å². The van der Waals surface area contributed by atoms with Crippen molar-refractivity contribution in [1.29, 1.82) is 0 Å². The quantitative estimate of drug-likeness (QED) is 0.596. The van der Waals surface area contributed by atoms with Crippen LogP contribution in [0.2, 0.25) is 0 Å². The van der Waals surface area contributed by atoms with E-state index in [1.807, 2.05) is 56.3 Å². The van der Waals surface area contributed by atoms with Gasteiger partial charge >= 0.3 is 0 Å². The zero-order chi connectivity index (χ0) is 23.4. The van der Waals surface area contributed by atoms with Gasteiger partial charge < -0.3 is 19.7 Å². The van der Waals surface area contributed by atoms with Gasteiger partial charge in [0.1, 0.15) is 0 Å². The van der Waals surface area contributed by atoms with Crippen LogP contribution in [-0.4, -0.2) is 54.5 Å². The van der Waals surface area contributed by atoms with Gasteiger partial charge in [0.25, 0.3) is 11.8 Å². The van der Waals surface area contributed by atoms with Crippen molar-refractivity contribution in [3.8, 4) is 11.5 Å². The summed E-state index contributed by atoms with van der Waals surface area (Å²) in [5, 5.41) is 3.81. The molecule has 0 saturated carbocycles. The molecule has 2 amide bonds. The number of amides is 2. The van der Waals surface area contributed by atoms with E-state index in [4.69, 9.17) is 14.5 Å². The van der Waals surface area contributed by atoms with Crippen LogP contribution in [0.4, 0.5) is 0 Å². The van der Waals surface area contributed by atoms with Gasteiger partial charge in [-0.15, -0.1) is 0 Å². The van der Waals surface area contributed by atoms with E-state index >= 15 is 0 Å². The van der Waals surface area contributed by atoms with Gasteiger partial charge in [0.2, 0.25) is 0 Å². The molecule has 2 aromatic carbocycles. The van der Waals surface area contributed by atoms with Crippen LogP contribution in [-0.2, 0) is 4.79 Å². The lowest BCUT2D eigenvalue weighted by atomic mass is 9.99. The largest absolute Gasteiger partial charge is 0.493 e. The molecule has 1 aliphatic rings. The number of hydrogen-bond acceptors (Lipinski definition) is 5. The Morgan fingerprint density at radius 3 is 2.61 bits per heavy atom. The van der Waals surface area contributed by atoms with E-state index in [9.17, 15) is 9.59 Å². The molecule has 2 heterocycles. The van der Waals surface area contributed by atoms with Crippen LogP contribution >= 0.6 is 0 Å². The fraction of sp³-hybridized carbons (Fsp3) is 0.346. The molecule has 1 aromatic heterocycles.